The molecule has 2 aromatic carbocycles. The van der Waals surface area contributed by atoms with E-state index in [9.17, 15) is 55.6 Å². The zero-order valence-electron chi connectivity index (χ0n) is 63.1. The van der Waals surface area contributed by atoms with E-state index in [0.29, 0.717) is 77.6 Å². The van der Waals surface area contributed by atoms with Gasteiger partial charge in [0.15, 0.2) is 11.4 Å². The maximum Gasteiger partial charge on any atom is 0.490 e. The Labute approximate surface area is 666 Å². The third-order valence-corrected chi connectivity index (χ3v) is 25.6. The number of phosphoric acid groups is 3. The van der Waals surface area contributed by atoms with Crippen LogP contribution >= 0.6 is 45.1 Å². The van der Waals surface area contributed by atoms with Crippen LogP contribution in [-0.4, -0.2) is 202 Å². The van der Waals surface area contributed by atoms with Crippen molar-refractivity contribution in [2.24, 2.45) is 0 Å². The summed E-state index contributed by atoms with van der Waals surface area (Å²) in [5.41, 5.74) is 11.2. The maximum absolute atomic E-state index is 13.2. The Morgan fingerprint density at radius 1 is 0.875 bits per heavy atom. The van der Waals surface area contributed by atoms with E-state index < -0.39 is 102 Å². The Balaban J connectivity index is 0.00000477. The lowest BCUT2D eigenvalue weighted by molar-refractivity contribution is -0.438. The lowest BCUT2D eigenvalue weighted by Gasteiger charge is -2.25. The highest BCUT2D eigenvalue weighted by Gasteiger charge is 2.47. The van der Waals surface area contributed by atoms with E-state index in [4.69, 9.17) is 77.0 Å². The van der Waals surface area contributed by atoms with Gasteiger partial charge in [-0.25, -0.2) is 18.5 Å². The highest BCUT2D eigenvalue weighted by Crippen LogP contribution is 2.66. The molecule has 3 aliphatic rings. The summed E-state index contributed by atoms with van der Waals surface area (Å²) >= 11 is 5.23. The van der Waals surface area contributed by atoms with Crippen molar-refractivity contribution < 1.29 is 124 Å². The first-order valence-electron chi connectivity index (χ1n) is 35.2. The van der Waals surface area contributed by atoms with Crippen LogP contribution in [0.3, 0.4) is 0 Å². The Kier molecular flexibility index (Phi) is 37.7. The SMILES string of the molecule is CCN1\C(=C/C=C/C=C/C2=[N+](CCCCCC(=O)NCCOCCOCCNC(=O)OCCC(C)(C)SSCOCCCCOC(=O)CCC#Cc3cn([C@H]4C[C@H](OCS(C)=S)[C@@H](COP(=O)(O)OP(=O)(O)OP(=O)(O)O)O4)c4nc(N)[nH]c(=O)c34)c3ccc(S(=O)(=O)O)cc3C2(C)C)C(C)(C)c2ccccc21.O=S(=O)=O. The first-order chi connectivity index (χ1) is 52.6. The Bertz CT molecular complexity index is 4590. The van der Waals surface area contributed by atoms with Crippen LogP contribution in [0.4, 0.5) is 22.1 Å². The van der Waals surface area contributed by atoms with Gasteiger partial charge in [-0.15, -0.1) is 12.6 Å². The molecule has 5 heterocycles. The molecule has 35 nitrogen and oxygen atoms in total. The first kappa shape index (κ1) is 95.0. The van der Waals surface area contributed by atoms with Gasteiger partial charge in [0.1, 0.15) is 24.8 Å². The van der Waals surface area contributed by atoms with Crippen molar-refractivity contribution >= 4 is 138 Å². The zero-order valence-corrected chi connectivity index (χ0v) is 70.7. The quantitative estimate of drug-likeness (QED) is 0.00230. The minimum Gasteiger partial charge on any atom is -0.466 e. The molecule has 112 heavy (non-hydrogen) atoms. The number of carbonyl (C=O) groups is 3. The number of nitrogens with zero attached hydrogens (tertiary/aromatic N) is 4. The fourth-order valence-electron chi connectivity index (χ4n) is 12.0. The van der Waals surface area contributed by atoms with Gasteiger partial charge in [0, 0.05) is 97.4 Å². The van der Waals surface area contributed by atoms with Gasteiger partial charge in [-0.1, -0.05) is 93.2 Å². The largest absolute Gasteiger partial charge is 0.490 e. The summed E-state index contributed by atoms with van der Waals surface area (Å²) in [4.78, 5) is 97.0. The molecule has 1 fully saturated rings. The standard InChI is InChI=1S/C68H97N8O24P3S5.O3S/c1-9-74-52-24-17-16-23-50(52)67(4,5)56(74)25-12-10-13-26-57-68(6,7)51-42-49(108(88,89)90)29-30-53(51)75(57)34-19-11-14-27-58(77)70-32-38-91-40-41-92-39-33-71-65(80)95-37-31-66(2,3)106-105-46-93-35-20-21-36-94-60(78)28-18-15-22-48-44-76(62-61(48)63(79)73-64(69)72-62)59-43-54(96-47-107(8)104)55(98-59)45-97-102(84,85)100-103(86,87)99-101(81,82)83;1-4(2)3/h10,12-13,16-17,23-26,29-30,42,44,54-55,59H,9,11,14,18-21,27-28,31-41,43,45-47H2,1-8H3,(H9-,69,70,71,72,73,77,79,80,81,82,83,84,85,86,87,88,89,90);/p+1/t54-,55+,59+,107?;/m0./s1. The number of esters is 1. The van der Waals surface area contributed by atoms with Crippen LogP contribution in [0.1, 0.15) is 136 Å². The Hall–Kier alpha value is -5.87. The second-order valence-electron chi connectivity index (χ2n) is 26.9. The van der Waals surface area contributed by atoms with Crippen molar-refractivity contribution in [1.82, 2.24) is 25.2 Å². The molecule has 7 rings (SSSR count). The highest BCUT2D eigenvalue weighted by molar-refractivity contribution is 8.77. The number of unbranched alkanes of at least 4 members (excludes halogenated alkanes) is 3. The molecule has 3 aliphatic heterocycles. The Morgan fingerprint density at radius 2 is 1.57 bits per heavy atom. The van der Waals surface area contributed by atoms with Gasteiger partial charge < -0.3 is 78.6 Å². The zero-order chi connectivity index (χ0) is 82.7. The second kappa shape index (κ2) is 44.5. The van der Waals surface area contributed by atoms with Gasteiger partial charge >= 0.3 is 46.1 Å². The molecule has 10 N–H and O–H groups in total. The van der Waals surface area contributed by atoms with Gasteiger partial charge in [-0.3, -0.25) is 28.4 Å². The van der Waals surface area contributed by atoms with Crippen molar-refractivity contribution in [1.29, 1.82) is 0 Å². The van der Waals surface area contributed by atoms with E-state index in [1.165, 1.54) is 44.6 Å². The number of allylic oxidation sites excluding steroid dienone is 6. The van der Waals surface area contributed by atoms with Crippen LogP contribution in [-0.2, 0) is 122 Å². The number of nitrogens with one attached hydrogen (secondary N) is 3. The number of nitrogen functional groups attached to an aromatic ring is 1. The fourth-order valence-corrected chi connectivity index (χ4v) is 18.4. The number of alkyl carbamates (subject to hydrolysis) is 1. The minimum absolute atomic E-state index is 0.0161. The lowest BCUT2D eigenvalue weighted by Crippen LogP contribution is -2.30. The number of hydrogen-bond acceptors (Lipinski definition) is 28. The van der Waals surface area contributed by atoms with Crippen molar-refractivity contribution in [3.05, 3.63) is 112 Å². The van der Waals surface area contributed by atoms with Crippen LogP contribution in [0.2, 0.25) is 0 Å². The monoisotopic (exact) mass is 1740 g/mol. The summed E-state index contributed by atoms with van der Waals surface area (Å²) in [5.74, 6) is 5.39. The molecule has 0 spiro atoms. The van der Waals surface area contributed by atoms with E-state index >= 15 is 0 Å². The van der Waals surface area contributed by atoms with Crippen molar-refractivity contribution in [3.63, 3.8) is 0 Å². The van der Waals surface area contributed by atoms with Gasteiger partial charge in [-0.2, -0.15) is 26.6 Å². The number of amides is 2. The number of anilines is 2. The second-order valence-corrected chi connectivity index (χ2v) is 39.2. The van der Waals surface area contributed by atoms with E-state index in [0.717, 1.165) is 36.3 Å². The summed E-state index contributed by atoms with van der Waals surface area (Å²) in [6.45, 7) is 18.0. The molecule has 2 amide bonds. The van der Waals surface area contributed by atoms with Crippen molar-refractivity contribution in [2.45, 2.75) is 152 Å². The number of likely N-dealkylation sites (N-methyl/N-ethyl adjacent to an activating group) is 1. The minimum atomic E-state index is -5.80. The molecule has 4 aromatic rings. The molecule has 0 aliphatic carbocycles. The third kappa shape index (κ3) is 31.0. The lowest BCUT2D eigenvalue weighted by atomic mass is 9.81. The number of ether oxygens (including phenoxy) is 7. The normalized spacial score (nSPS) is 18.3. The highest BCUT2D eigenvalue weighted by atomic mass is 33.1. The number of fused-ring (bicyclic) bond motifs is 3. The van der Waals surface area contributed by atoms with Crippen LogP contribution < -0.4 is 26.8 Å². The maximum atomic E-state index is 13.2. The molecule has 622 valence electrons. The summed E-state index contributed by atoms with van der Waals surface area (Å²) in [5, 5.41) is 5.61. The van der Waals surface area contributed by atoms with E-state index in [1.807, 2.05) is 39.8 Å². The number of H-pyrrole nitrogens is 1. The fraction of sp³-hybridized carbons (Fsp3) is 0.559. The molecule has 0 saturated carbocycles. The summed E-state index contributed by atoms with van der Waals surface area (Å²) in [6, 6.07) is 13.2. The predicted octanol–water partition coefficient (Wildman–Crippen LogP) is 8.54. The molecular formula is C68H98N8O27P3S6+. The number of hydrogen-bond donors (Lipinski definition) is 9. The van der Waals surface area contributed by atoms with Gasteiger partial charge in [-0.05, 0) is 114 Å². The molecule has 1 saturated heterocycles. The number of carbonyl (C=O) groups excluding carboxylic acids is 3. The molecule has 6 atom stereocenters. The molecule has 0 bridgehead atoms. The number of phosphoric ester groups is 1. The smallest absolute Gasteiger partial charge is 0.466 e. The number of benzene rings is 2. The number of rotatable bonds is 45. The summed E-state index contributed by atoms with van der Waals surface area (Å²) < 4.78 is 151. The van der Waals surface area contributed by atoms with Gasteiger partial charge in [0.2, 0.25) is 17.5 Å². The molecule has 3 unspecified atom stereocenters. The summed E-state index contributed by atoms with van der Waals surface area (Å²) in [6.07, 6.45) is 14.2. The summed E-state index contributed by atoms with van der Waals surface area (Å²) in [7, 11) is -22.0. The molecule has 44 heteroatoms. The number of aromatic nitrogens is 3. The molecular weight excluding hydrogens is 1650 g/mol. The number of aromatic amines is 1. The average molecular weight is 1740 g/mol. The first-order valence-corrected chi connectivity index (χ1v) is 47.2. The van der Waals surface area contributed by atoms with E-state index in [1.54, 1.807) is 29.2 Å². The van der Waals surface area contributed by atoms with Crippen LogP contribution in [0.5, 0.6) is 0 Å². The third-order valence-electron chi connectivity index (χ3n) is 17.2. The topological polar surface area (TPSA) is 488 Å². The average Bonchev–Trinajstić information content (AvgIpc) is 1.60. The van der Waals surface area contributed by atoms with Gasteiger partial charge in [0.25, 0.3) is 15.7 Å². The van der Waals surface area contributed by atoms with Crippen LogP contribution in [0.15, 0.2) is 94.4 Å². The predicted molar refractivity (Wildman–Crippen MR) is 425 cm³/mol. The molecule has 2 aromatic heterocycles. The van der Waals surface area contributed by atoms with Crippen LogP contribution in [0.25, 0.3) is 11.0 Å². The molecule has 0 radical (unpaired) electrons. The Morgan fingerprint density at radius 3 is 2.26 bits per heavy atom. The van der Waals surface area contributed by atoms with Gasteiger partial charge in [0.05, 0.1) is 86.0 Å². The van der Waals surface area contributed by atoms with Crippen LogP contribution in [0, 0.1) is 11.8 Å². The van der Waals surface area contributed by atoms with E-state index in [-0.39, 0.29) is 95.1 Å². The van der Waals surface area contributed by atoms with Crippen molar-refractivity contribution in [3.8, 4) is 11.8 Å². The number of nitrogens with two attached hydrogens (primary N) is 1. The van der Waals surface area contributed by atoms with Crippen molar-refractivity contribution in [2.75, 3.05) is 108 Å². The van der Waals surface area contributed by atoms with E-state index in [2.05, 4.69) is 114 Å². The number of para-hydroxylation sites is 1.